The van der Waals surface area contributed by atoms with Gasteiger partial charge in [0, 0.05) is 19.2 Å². The molecule has 5 heteroatoms. The van der Waals surface area contributed by atoms with E-state index < -0.39 is 0 Å². The molecule has 1 fully saturated rings. The Hall–Kier alpha value is -0.970. The first-order valence-electron chi connectivity index (χ1n) is 7.63. The van der Waals surface area contributed by atoms with Crippen molar-refractivity contribution in [2.75, 3.05) is 30.0 Å². The second kappa shape index (κ2) is 7.72. The molecule has 1 aromatic rings. The molecule has 2 unspecified atom stereocenters. The quantitative estimate of drug-likeness (QED) is 0.616. The predicted molar refractivity (Wildman–Crippen MR) is 87.6 cm³/mol. The van der Waals surface area contributed by atoms with E-state index in [1.807, 2.05) is 12.3 Å². The van der Waals surface area contributed by atoms with Gasteiger partial charge in [-0.05, 0) is 31.4 Å². The molecule has 0 amide bonds. The van der Waals surface area contributed by atoms with Crippen LogP contribution in [0.4, 0.5) is 11.6 Å². The predicted octanol–water partition coefficient (Wildman–Crippen LogP) is 3.87. The normalized spacial score (nSPS) is 22.6. The summed E-state index contributed by atoms with van der Waals surface area (Å²) < 4.78 is 0. The van der Waals surface area contributed by atoms with E-state index in [4.69, 9.17) is 0 Å². The summed E-state index contributed by atoms with van der Waals surface area (Å²) in [4.78, 5) is 9.00. The van der Waals surface area contributed by atoms with Gasteiger partial charge in [0.15, 0.2) is 5.16 Å². The lowest BCUT2D eigenvalue weighted by Crippen LogP contribution is -2.24. The van der Waals surface area contributed by atoms with Crippen LogP contribution in [0.15, 0.2) is 11.2 Å². The van der Waals surface area contributed by atoms with E-state index in [-0.39, 0.29) is 0 Å². The first-order valence-corrected chi connectivity index (χ1v) is 8.86. The highest BCUT2D eigenvalue weighted by molar-refractivity contribution is 7.98. The van der Waals surface area contributed by atoms with Gasteiger partial charge in [0.25, 0.3) is 0 Å². The third-order valence-corrected chi connectivity index (χ3v) is 4.63. The number of hydrogen-bond donors (Lipinski definition) is 2. The van der Waals surface area contributed by atoms with Crippen LogP contribution in [0, 0.1) is 11.8 Å². The van der Waals surface area contributed by atoms with Crippen molar-refractivity contribution in [1.82, 2.24) is 9.97 Å². The van der Waals surface area contributed by atoms with Crippen molar-refractivity contribution >= 4 is 23.4 Å². The van der Waals surface area contributed by atoms with Crippen molar-refractivity contribution in [2.45, 2.75) is 44.7 Å². The maximum atomic E-state index is 4.54. The number of thioether (sulfide) groups is 1. The summed E-state index contributed by atoms with van der Waals surface area (Å²) in [7, 11) is 0. The average Bonchev–Trinajstić information content (AvgIpc) is 2.46. The Balaban J connectivity index is 1.98. The Morgan fingerprint density at radius 3 is 2.55 bits per heavy atom. The van der Waals surface area contributed by atoms with Crippen molar-refractivity contribution in [3.05, 3.63) is 6.07 Å². The molecule has 0 aliphatic heterocycles. The molecule has 2 N–H and O–H groups in total. The Morgan fingerprint density at radius 1 is 1.20 bits per heavy atom. The van der Waals surface area contributed by atoms with Crippen LogP contribution in [0.3, 0.4) is 0 Å². The van der Waals surface area contributed by atoms with Gasteiger partial charge >= 0.3 is 0 Å². The Morgan fingerprint density at radius 2 is 1.90 bits per heavy atom. The minimum Gasteiger partial charge on any atom is -0.370 e. The molecule has 0 aromatic carbocycles. The summed E-state index contributed by atoms with van der Waals surface area (Å²) in [5.74, 6) is 3.45. The third-order valence-electron chi connectivity index (χ3n) is 4.08. The topological polar surface area (TPSA) is 49.8 Å². The van der Waals surface area contributed by atoms with Gasteiger partial charge < -0.3 is 10.6 Å². The van der Waals surface area contributed by atoms with Crippen LogP contribution < -0.4 is 10.6 Å². The van der Waals surface area contributed by atoms with Crippen LogP contribution >= 0.6 is 11.8 Å². The second-order valence-electron chi connectivity index (χ2n) is 5.56. The first kappa shape index (κ1) is 15.4. The molecule has 0 bridgehead atoms. The summed E-state index contributed by atoms with van der Waals surface area (Å²) >= 11 is 1.58. The number of hydrogen-bond acceptors (Lipinski definition) is 5. The number of nitrogens with zero attached hydrogens (tertiary/aromatic N) is 2. The molecule has 1 aromatic heterocycles. The van der Waals surface area contributed by atoms with Gasteiger partial charge in [-0.25, -0.2) is 9.97 Å². The van der Waals surface area contributed by atoms with E-state index in [0.717, 1.165) is 41.7 Å². The Bertz CT molecular complexity index is 424. The van der Waals surface area contributed by atoms with E-state index in [9.17, 15) is 0 Å². The maximum Gasteiger partial charge on any atom is 0.191 e. The molecule has 1 aliphatic rings. The van der Waals surface area contributed by atoms with Crippen LogP contribution in [0.1, 0.15) is 39.5 Å². The zero-order valence-electron chi connectivity index (χ0n) is 12.8. The molecule has 1 saturated carbocycles. The molecular formula is C15H26N4S. The van der Waals surface area contributed by atoms with Gasteiger partial charge in [-0.3, -0.25) is 0 Å². The van der Waals surface area contributed by atoms with Crippen molar-refractivity contribution in [3.63, 3.8) is 0 Å². The average molecular weight is 294 g/mol. The van der Waals surface area contributed by atoms with E-state index in [1.54, 1.807) is 11.8 Å². The van der Waals surface area contributed by atoms with Gasteiger partial charge in [0.05, 0.1) is 0 Å². The SMILES string of the molecule is CCNc1cc(NCC2CCCCC2C)nc(SC)n1. The zero-order chi connectivity index (χ0) is 14.4. The Labute approximate surface area is 126 Å². The third kappa shape index (κ3) is 4.27. The van der Waals surface area contributed by atoms with Crippen molar-refractivity contribution in [1.29, 1.82) is 0 Å². The minimum atomic E-state index is 0.777. The molecular weight excluding hydrogens is 268 g/mol. The monoisotopic (exact) mass is 294 g/mol. The summed E-state index contributed by atoms with van der Waals surface area (Å²) in [5, 5.41) is 7.60. The second-order valence-corrected chi connectivity index (χ2v) is 6.33. The fraction of sp³-hybridized carbons (Fsp3) is 0.733. The molecule has 4 nitrogen and oxygen atoms in total. The number of nitrogens with one attached hydrogen (secondary N) is 2. The van der Waals surface area contributed by atoms with E-state index in [0.29, 0.717) is 0 Å². The largest absolute Gasteiger partial charge is 0.370 e. The summed E-state index contributed by atoms with van der Waals surface area (Å²) in [6, 6.07) is 2.01. The van der Waals surface area contributed by atoms with Gasteiger partial charge in [-0.2, -0.15) is 0 Å². The fourth-order valence-corrected chi connectivity index (χ4v) is 3.19. The van der Waals surface area contributed by atoms with Crippen LogP contribution in [-0.4, -0.2) is 29.3 Å². The molecule has 0 spiro atoms. The highest BCUT2D eigenvalue weighted by Gasteiger charge is 2.21. The summed E-state index contributed by atoms with van der Waals surface area (Å²) in [6.07, 6.45) is 7.49. The zero-order valence-corrected chi connectivity index (χ0v) is 13.6. The fourth-order valence-electron chi connectivity index (χ4n) is 2.81. The number of rotatable bonds is 6. The summed E-state index contributed by atoms with van der Waals surface area (Å²) in [5.41, 5.74) is 0. The van der Waals surface area contributed by atoms with Crippen molar-refractivity contribution < 1.29 is 0 Å². The van der Waals surface area contributed by atoms with E-state index in [2.05, 4.69) is 34.4 Å². The molecule has 1 aliphatic carbocycles. The van der Waals surface area contributed by atoms with E-state index in [1.165, 1.54) is 25.7 Å². The molecule has 1 heterocycles. The van der Waals surface area contributed by atoms with Crippen LogP contribution in [0.25, 0.3) is 0 Å². The lowest BCUT2D eigenvalue weighted by molar-refractivity contribution is 0.268. The molecule has 2 atom stereocenters. The van der Waals surface area contributed by atoms with Crippen LogP contribution in [-0.2, 0) is 0 Å². The van der Waals surface area contributed by atoms with Crippen molar-refractivity contribution in [2.24, 2.45) is 11.8 Å². The lowest BCUT2D eigenvalue weighted by atomic mass is 9.80. The van der Waals surface area contributed by atoms with Gasteiger partial charge in [0.2, 0.25) is 0 Å². The molecule has 0 saturated heterocycles. The highest BCUT2D eigenvalue weighted by atomic mass is 32.2. The van der Waals surface area contributed by atoms with Crippen LogP contribution in [0.2, 0.25) is 0 Å². The smallest absolute Gasteiger partial charge is 0.191 e. The van der Waals surface area contributed by atoms with Gasteiger partial charge in [-0.1, -0.05) is 37.9 Å². The summed E-state index contributed by atoms with van der Waals surface area (Å²) in [6.45, 7) is 6.36. The minimum absolute atomic E-state index is 0.777. The molecule has 112 valence electrons. The maximum absolute atomic E-state index is 4.54. The van der Waals surface area contributed by atoms with Crippen molar-refractivity contribution in [3.8, 4) is 0 Å². The molecule has 2 rings (SSSR count). The standard InChI is InChI=1S/C15H26N4S/c1-4-16-13-9-14(19-15(18-13)20-3)17-10-12-8-6-5-7-11(12)2/h9,11-12H,4-8,10H2,1-3H3,(H2,16,17,18,19). The Kier molecular flexibility index (Phi) is 5.95. The highest BCUT2D eigenvalue weighted by Crippen LogP contribution is 2.29. The van der Waals surface area contributed by atoms with Crippen LogP contribution in [0.5, 0.6) is 0 Å². The van der Waals surface area contributed by atoms with Gasteiger partial charge in [-0.15, -0.1) is 0 Å². The number of anilines is 2. The number of aromatic nitrogens is 2. The lowest BCUT2D eigenvalue weighted by Gasteiger charge is -2.29. The first-order chi connectivity index (χ1) is 9.72. The van der Waals surface area contributed by atoms with E-state index >= 15 is 0 Å². The molecule has 20 heavy (non-hydrogen) atoms. The van der Waals surface area contributed by atoms with Gasteiger partial charge in [0.1, 0.15) is 11.6 Å². The molecule has 0 radical (unpaired) electrons.